The zero-order valence-corrected chi connectivity index (χ0v) is 21.0. The molecule has 1 aromatic carbocycles. The first-order valence-corrected chi connectivity index (χ1v) is 11.1. The molecule has 0 aliphatic heterocycles. The molecule has 1 heterocycles. The van der Waals surface area contributed by atoms with Gasteiger partial charge in [0.1, 0.15) is 18.3 Å². The Morgan fingerprint density at radius 1 is 1.26 bits per heavy atom. The SMILES string of the molecule is CN=C/C=C(\N)COC(/N=C(/C)N(C=O)c1cccc(-c2nc(C(C)C)ncc2C)c1)=C(C)C. The van der Waals surface area contributed by atoms with Crippen molar-refractivity contribution in [1.29, 1.82) is 0 Å². The molecular formula is C26H34N6O2. The van der Waals surface area contributed by atoms with Gasteiger partial charge in [0.05, 0.1) is 11.4 Å². The van der Waals surface area contributed by atoms with E-state index in [1.54, 1.807) is 26.3 Å². The number of amidine groups is 1. The monoisotopic (exact) mass is 462 g/mol. The van der Waals surface area contributed by atoms with E-state index in [0.29, 0.717) is 23.1 Å². The summed E-state index contributed by atoms with van der Waals surface area (Å²) >= 11 is 0. The van der Waals surface area contributed by atoms with Crippen LogP contribution in [0.1, 0.15) is 51.9 Å². The number of aromatic nitrogens is 2. The Labute approximate surface area is 202 Å². The lowest BCUT2D eigenvalue weighted by atomic mass is 10.1. The van der Waals surface area contributed by atoms with E-state index in [0.717, 1.165) is 34.6 Å². The lowest BCUT2D eigenvalue weighted by molar-refractivity contribution is -0.106. The molecule has 0 atom stereocenters. The van der Waals surface area contributed by atoms with Crippen molar-refractivity contribution < 1.29 is 9.53 Å². The molecule has 1 amide bonds. The van der Waals surface area contributed by atoms with E-state index < -0.39 is 0 Å². The van der Waals surface area contributed by atoms with E-state index in [1.165, 1.54) is 4.90 Å². The van der Waals surface area contributed by atoms with Crippen molar-refractivity contribution in [1.82, 2.24) is 9.97 Å². The van der Waals surface area contributed by atoms with Crippen molar-refractivity contribution in [2.24, 2.45) is 15.7 Å². The Kier molecular flexibility index (Phi) is 9.67. The fraction of sp³-hybridized carbons (Fsp3) is 0.346. The molecule has 0 aliphatic carbocycles. The topological polar surface area (TPSA) is 106 Å². The van der Waals surface area contributed by atoms with Crippen molar-refractivity contribution in [3.8, 4) is 11.3 Å². The minimum absolute atomic E-state index is 0.158. The molecule has 8 nitrogen and oxygen atoms in total. The Hall–Kier alpha value is -3.81. The number of hydrogen-bond acceptors (Lipinski definition) is 7. The minimum Gasteiger partial charge on any atom is -0.471 e. The number of amides is 1. The van der Waals surface area contributed by atoms with Crippen molar-refractivity contribution in [2.45, 2.75) is 47.5 Å². The summed E-state index contributed by atoms with van der Waals surface area (Å²) < 4.78 is 5.79. The first kappa shape index (κ1) is 26.4. The Morgan fingerprint density at radius 2 is 2.00 bits per heavy atom. The standard InChI is InChI=1S/C26H34N6O2/c1-17(2)25-29-14-19(5)24(31-25)21-9-8-10-23(13-21)32(16-33)20(6)30-26(18(3)4)34-15-22(27)11-12-28-7/h8-14,16-17H,15,27H2,1-7H3/b22-11-,28-12?,30-20-. The molecule has 180 valence electrons. The van der Waals surface area contributed by atoms with E-state index in [9.17, 15) is 4.79 Å². The number of ether oxygens (including phenoxy) is 1. The zero-order valence-electron chi connectivity index (χ0n) is 21.0. The predicted octanol–water partition coefficient (Wildman–Crippen LogP) is 4.77. The number of aryl methyl sites for hydroxylation is 1. The van der Waals surface area contributed by atoms with Crippen LogP contribution in [0.4, 0.5) is 5.69 Å². The normalized spacial score (nSPS) is 12.2. The number of carbonyl (C=O) groups excluding carboxylic acids is 1. The molecule has 0 radical (unpaired) electrons. The van der Waals surface area contributed by atoms with Crippen LogP contribution in [-0.2, 0) is 9.53 Å². The first-order chi connectivity index (χ1) is 16.2. The smallest absolute Gasteiger partial charge is 0.219 e. The largest absolute Gasteiger partial charge is 0.471 e. The van der Waals surface area contributed by atoms with Gasteiger partial charge in [-0.1, -0.05) is 26.0 Å². The van der Waals surface area contributed by atoms with Gasteiger partial charge in [0.25, 0.3) is 0 Å². The number of rotatable bonds is 9. The van der Waals surface area contributed by atoms with Crippen LogP contribution in [0, 0.1) is 6.92 Å². The maximum atomic E-state index is 12.1. The van der Waals surface area contributed by atoms with Crippen molar-refractivity contribution >= 4 is 24.1 Å². The lowest BCUT2D eigenvalue weighted by Gasteiger charge is -2.19. The van der Waals surface area contributed by atoms with Gasteiger partial charge in [0.2, 0.25) is 12.3 Å². The van der Waals surface area contributed by atoms with Crippen LogP contribution >= 0.6 is 0 Å². The average Bonchev–Trinajstić information content (AvgIpc) is 2.81. The maximum absolute atomic E-state index is 12.1. The number of aliphatic imine (C=N–C) groups is 2. The molecule has 2 N–H and O–H groups in total. The first-order valence-electron chi connectivity index (χ1n) is 11.1. The number of allylic oxidation sites excluding steroid dienone is 2. The molecule has 0 fully saturated rings. The van der Waals surface area contributed by atoms with E-state index in [-0.39, 0.29) is 12.5 Å². The van der Waals surface area contributed by atoms with Crippen LogP contribution in [0.2, 0.25) is 0 Å². The highest BCUT2D eigenvalue weighted by atomic mass is 16.5. The summed E-state index contributed by atoms with van der Waals surface area (Å²) in [5, 5.41) is 0. The second-order valence-electron chi connectivity index (χ2n) is 8.34. The van der Waals surface area contributed by atoms with Gasteiger partial charge in [-0.15, -0.1) is 0 Å². The number of anilines is 1. The second-order valence-corrected chi connectivity index (χ2v) is 8.34. The van der Waals surface area contributed by atoms with Gasteiger partial charge in [-0.3, -0.25) is 14.7 Å². The third kappa shape index (κ3) is 7.10. The molecule has 0 unspecified atom stereocenters. The van der Waals surface area contributed by atoms with Crippen LogP contribution in [0.15, 0.2) is 63.7 Å². The summed E-state index contributed by atoms with van der Waals surface area (Å²) in [6, 6.07) is 7.63. The highest BCUT2D eigenvalue weighted by Crippen LogP contribution is 2.27. The van der Waals surface area contributed by atoms with Crippen molar-refractivity contribution in [2.75, 3.05) is 18.6 Å². The average molecular weight is 463 g/mol. The summed E-state index contributed by atoms with van der Waals surface area (Å²) in [5.41, 5.74) is 10.7. The van der Waals surface area contributed by atoms with Crippen LogP contribution in [0.5, 0.6) is 0 Å². The molecule has 1 aromatic heterocycles. The molecule has 2 rings (SSSR count). The summed E-state index contributed by atoms with van der Waals surface area (Å²) in [7, 11) is 1.66. The molecular weight excluding hydrogens is 428 g/mol. The van der Waals surface area contributed by atoms with Gasteiger partial charge in [-0.25, -0.2) is 15.0 Å². The van der Waals surface area contributed by atoms with Crippen LogP contribution in [0.3, 0.4) is 0 Å². The molecule has 0 spiro atoms. The Bertz CT molecular complexity index is 1130. The van der Waals surface area contributed by atoms with Crippen molar-refractivity contribution in [3.05, 3.63) is 65.1 Å². The van der Waals surface area contributed by atoms with E-state index in [2.05, 4.69) is 28.8 Å². The van der Waals surface area contributed by atoms with Gasteiger partial charge < -0.3 is 10.5 Å². The summed E-state index contributed by atoms with van der Waals surface area (Å²) in [5.74, 6) is 1.85. The predicted molar refractivity (Wildman–Crippen MR) is 139 cm³/mol. The van der Waals surface area contributed by atoms with Gasteiger partial charge in [-0.2, -0.15) is 0 Å². The lowest BCUT2D eigenvalue weighted by Crippen LogP contribution is -2.27. The number of nitrogens with zero attached hydrogens (tertiary/aromatic N) is 5. The van der Waals surface area contributed by atoms with Crippen LogP contribution in [-0.4, -0.2) is 42.1 Å². The number of carbonyl (C=O) groups is 1. The van der Waals surface area contributed by atoms with Gasteiger partial charge in [0, 0.05) is 36.6 Å². The number of benzene rings is 1. The zero-order chi connectivity index (χ0) is 25.3. The van der Waals surface area contributed by atoms with Crippen LogP contribution < -0.4 is 10.6 Å². The molecule has 0 bridgehead atoms. The summed E-state index contributed by atoms with van der Waals surface area (Å²) in [4.78, 5) is 31.1. The third-order valence-corrected chi connectivity index (χ3v) is 4.86. The maximum Gasteiger partial charge on any atom is 0.219 e. The fourth-order valence-corrected chi connectivity index (χ4v) is 3.01. The Morgan fingerprint density at radius 3 is 2.62 bits per heavy atom. The van der Waals surface area contributed by atoms with Gasteiger partial charge >= 0.3 is 0 Å². The number of nitrogens with two attached hydrogens (primary N) is 1. The molecule has 0 saturated carbocycles. The van der Waals surface area contributed by atoms with Gasteiger partial charge in [-0.05, 0) is 57.0 Å². The van der Waals surface area contributed by atoms with Gasteiger partial charge in [0.15, 0.2) is 0 Å². The van der Waals surface area contributed by atoms with E-state index in [4.69, 9.17) is 15.5 Å². The molecule has 0 saturated heterocycles. The molecule has 34 heavy (non-hydrogen) atoms. The Balaban J connectivity index is 2.37. The minimum atomic E-state index is 0.158. The van der Waals surface area contributed by atoms with Crippen LogP contribution in [0.25, 0.3) is 11.3 Å². The summed E-state index contributed by atoms with van der Waals surface area (Å²) in [6.07, 6.45) is 5.83. The number of hydrogen-bond donors (Lipinski definition) is 1. The summed E-state index contributed by atoms with van der Waals surface area (Å²) in [6.45, 7) is 11.8. The van der Waals surface area contributed by atoms with E-state index in [1.807, 2.05) is 51.2 Å². The van der Waals surface area contributed by atoms with E-state index >= 15 is 0 Å². The fourth-order valence-electron chi connectivity index (χ4n) is 3.01. The second kappa shape index (κ2) is 12.4. The third-order valence-electron chi connectivity index (χ3n) is 4.86. The quantitative estimate of drug-likeness (QED) is 0.250. The van der Waals surface area contributed by atoms with Crippen molar-refractivity contribution in [3.63, 3.8) is 0 Å². The molecule has 0 aliphatic rings. The molecule has 8 heteroatoms. The highest BCUT2D eigenvalue weighted by Gasteiger charge is 2.14. The highest BCUT2D eigenvalue weighted by molar-refractivity contribution is 6.09. The molecule has 2 aromatic rings.